The zero-order valence-corrected chi connectivity index (χ0v) is 14.2. The predicted octanol–water partition coefficient (Wildman–Crippen LogP) is 2.01. The van der Waals surface area contributed by atoms with Gasteiger partial charge in [0.25, 0.3) is 0 Å². The largest absolute Gasteiger partial charge is 0.478 e. The van der Waals surface area contributed by atoms with Crippen LogP contribution < -0.4 is 9.47 Å². The molecule has 0 fully saturated rings. The van der Waals surface area contributed by atoms with E-state index in [1.807, 2.05) is 0 Å². The summed E-state index contributed by atoms with van der Waals surface area (Å²) in [6.07, 6.45) is 0. The van der Waals surface area contributed by atoms with E-state index >= 15 is 0 Å². The van der Waals surface area contributed by atoms with E-state index in [2.05, 4.69) is 0 Å². The fourth-order valence-electron chi connectivity index (χ4n) is 2.83. The first kappa shape index (κ1) is 18.0. The zero-order valence-electron chi connectivity index (χ0n) is 14.2. The number of benzene rings is 2. The lowest BCUT2D eigenvalue weighted by Gasteiger charge is -2.22. The lowest BCUT2D eigenvalue weighted by Crippen LogP contribution is -2.24. The van der Waals surface area contributed by atoms with Crippen LogP contribution in [-0.2, 0) is 9.59 Å². The summed E-state index contributed by atoms with van der Waals surface area (Å²) in [6, 6.07) is 5.98. The number of carbonyl (C=O) groups is 5. The first-order valence-corrected chi connectivity index (χ1v) is 7.71. The molecule has 2 aromatic carbocycles. The van der Waals surface area contributed by atoms with E-state index < -0.39 is 29.5 Å². The third kappa shape index (κ3) is 3.08. The van der Waals surface area contributed by atoms with Crippen LogP contribution in [0.15, 0.2) is 30.3 Å². The average Bonchev–Trinajstić information content (AvgIpc) is 2.59. The summed E-state index contributed by atoms with van der Waals surface area (Å²) in [5.41, 5.74) is -0.830. The fraction of sp³-hybridized carbons (Fsp3) is 0.105. The van der Waals surface area contributed by atoms with Crippen LogP contribution in [0.3, 0.4) is 0 Å². The Bertz CT molecular complexity index is 1050. The Kier molecular flexibility index (Phi) is 4.32. The van der Waals surface area contributed by atoms with Crippen LogP contribution in [-0.4, -0.2) is 34.6 Å². The van der Waals surface area contributed by atoms with Crippen LogP contribution in [0.5, 0.6) is 11.5 Å². The number of esters is 2. The van der Waals surface area contributed by atoms with Crippen molar-refractivity contribution < 1.29 is 38.6 Å². The Hall–Kier alpha value is -3.81. The number of carboxylic acids is 1. The van der Waals surface area contributed by atoms with E-state index in [4.69, 9.17) is 14.6 Å². The lowest BCUT2D eigenvalue weighted by molar-refractivity contribution is -0.133. The average molecular weight is 368 g/mol. The molecule has 1 N–H and O–H groups in total. The van der Waals surface area contributed by atoms with Gasteiger partial charge in [-0.25, -0.2) is 4.79 Å². The number of hydrogen-bond donors (Lipinski definition) is 1. The van der Waals surface area contributed by atoms with E-state index in [0.717, 1.165) is 19.9 Å². The van der Waals surface area contributed by atoms with E-state index in [-0.39, 0.29) is 39.3 Å². The Morgan fingerprint density at radius 2 is 1.26 bits per heavy atom. The number of fused-ring (bicyclic) bond motifs is 2. The Labute approximate surface area is 152 Å². The SMILES string of the molecule is CC(=O)Oc1ccc(OC(C)=O)c2c1C(=O)c1ccc(C(=O)O)cc1C2=O. The second-order valence-corrected chi connectivity index (χ2v) is 5.72. The number of rotatable bonds is 3. The molecule has 8 nitrogen and oxygen atoms in total. The van der Waals surface area contributed by atoms with Crippen molar-refractivity contribution in [2.75, 3.05) is 0 Å². The minimum atomic E-state index is -1.27. The van der Waals surface area contributed by atoms with Gasteiger partial charge in [-0.15, -0.1) is 0 Å². The topological polar surface area (TPSA) is 124 Å². The molecule has 0 amide bonds. The van der Waals surface area contributed by atoms with Gasteiger partial charge in [-0.2, -0.15) is 0 Å². The zero-order chi connectivity index (χ0) is 19.9. The molecule has 3 rings (SSSR count). The van der Waals surface area contributed by atoms with Crippen molar-refractivity contribution in [3.05, 3.63) is 58.1 Å². The quantitative estimate of drug-likeness (QED) is 0.550. The maximum atomic E-state index is 13.0. The fourth-order valence-corrected chi connectivity index (χ4v) is 2.83. The second-order valence-electron chi connectivity index (χ2n) is 5.72. The van der Waals surface area contributed by atoms with Gasteiger partial charge in [0, 0.05) is 25.0 Å². The molecule has 1 aliphatic carbocycles. The summed E-state index contributed by atoms with van der Waals surface area (Å²) < 4.78 is 10.0. The highest BCUT2D eigenvalue weighted by Gasteiger charge is 2.36. The van der Waals surface area contributed by atoms with E-state index in [1.165, 1.54) is 24.3 Å². The molecule has 0 aliphatic heterocycles. The van der Waals surface area contributed by atoms with E-state index in [0.29, 0.717) is 0 Å². The predicted molar refractivity (Wildman–Crippen MR) is 89.3 cm³/mol. The highest BCUT2D eigenvalue weighted by atomic mass is 16.5. The summed E-state index contributed by atoms with van der Waals surface area (Å²) in [6.45, 7) is 2.26. The molecule has 2 aromatic rings. The van der Waals surface area contributed by atoms with Crippen molar-refractivity contribution >= 4 is 29.5 Å². The molecule has 0 spiro atoms. The number of aromatic carboxylic acids is 1. The third-order valence-electron chi connectivity index (χ3n) is 3.85. The van der Waals surface area contributed by atoms with Gasteiger partial charge in [-0.3, -0.25) is 19.2 Å². The Morgan fingerprint density at radius 3 is 1.70 bits per heavy atom. The standard InChI is InChI=1S/C19H12O8/c1-8(20)26-13-5-6-14(27-9(2)21)16-15(13)17(22)11-4-3-10(19(24)25)7-12(11)18(16)23/h3-7H,1-2H3,(H,24,25). The number of hydrogen-bond acceptors (Lipinski definition) is 7. The van der Waals surface area contributed by atoms with Crippen LogP contribution in [0.25, 0.3) is 0 Å². The van der Waals surface area contributed by atoms with Crippen molar-refractivity contribution in [2.45, 2.75) is 13.8 Å². The van der Waals surface area contributed by atoms with Gasteiger partial charge in [-0.05, 0) is 30.3 Å². The molecule has 0 heterocycles. The summed E-state index contributed by atoms with van der Waals surface area (Å²) in [5, 5.41) is 9.13. The molecular weight excluding hydrogens is 356 g/mol. The molecule has 1 aliphatic rings. The highest BCUT2D eigenvalue weighted by Crippen LogP contribution is 2.39. The van der Waals surface area contributed by atoms with Crippen LogP contribution in [0.2, 0.25) is 0 Å². The molecule has 0 unspecified atom stereocenters. The smallest absolute Gasteiger partial charge is 0.335 e. The lowest BCUT2D eigenvalue weighted by atomic mass is 9.82. The molecule has 0 saturated heterocycles. The first-order chi connectivity index (χ1) is 12.7. The molecule has 0 aromatic heterocycles. The molecule has 27 heavy (non-hydrogen) atoms. The molecule has 8 heteroatoms. The minimum absolute atomic E-state index is 0.0362. The maximum absolute atomic E-state index is 13.0. The van der Waals surface area contributed by atoms with Crippen molar-refractivity contribution in [2.24, 2.45) is 0 Å². The van der Waals surface area contributed by atoms with Crippen molar-refractivity contribution in [3.63, 3.8) is 0 Å². The molecule has 0 atom stereocenters. The first-order valence-electron chi connectivity index (χ1n) is 7.71. The van der Waals surface area contributed by atoms with Gasteiger partial charge in [-0.1, -0.05) is 0 Å². The van der Waals surface area contributed by atoms with Gasteiger partial charge in [0.15, 0.2) is 11.6 Å². The normalized spacial score (nSPS) is 12.1. The molecule has 0 bridgehead atoms. The molecule has 0 radical (unpaired) electrons. The number of ketones is 2. The maximum Gasteiger partial charge on any atom is 0.335 e. The van der Waals surface area contributed by atoms with Gasteiger partial charge >= 0.3 is 17.9 Å². The van der Waals surface area contributed by atoms with Gasteiger partial charge < -0.3 is 14.6 Å². The number of ether oxygens (including phenoxy) is 2. The summed E-state index contributed by atoms with van der Waals surface area (Å²) >= 11 is 0. The van der Waals surface area contributed by atoms with Crippen LogP contribution in [0, 0.1) is 0 Å². The highest BCUT2D eigenvalue weighted by molar-refractivity contribution is 6.30. The molecule has 0 saturated carbocycles. The molecule has 136 valence electrons. The van der Waals surface area contributed by atoms with Gasteiger partial charge in [0.2, 0.25) is 0 Å². The van der Waals surface area contributed by atoms with Crippen molar-refractivity contribution in [1.82, 2.24) is 0 Å². The van der Waals surface area contributed by atoms with Crippen LogP contribution in [0.1, 0.15) is 56.0 Å². The van der Waals surface area contributed by atoms with Crippen molar-refractivity contribution in [1.29, 1.82) is 0 Å². The summed E-state index contributed by atoms with van der Waals surface area (Å²) in [4.78, 5) is 59.8. The Balaban J connectivity index is 2.29. The second kappa shape index (κ2) is 6.49. The number of carbonyl (C=O) groups excluding carboxylic acids is 4. The van der Waals surface area contributed by atoms with E-state index in [9.17, 15) is 24.0 Å². The van der Waals surface area contributed by atoms with Crippen molar-refractivity contribution in [3.8, 4) is 11.5 Å². The van der Waals surface area contributed by atoms with Crippen LogP contribution in [0.4, 0.5) is 0 Å². The van der Waals surface area contributed by atoms with E-state index in [1.54, 1.807) is 0 Å². The van der Waals surface area contributed by atoms with Gasteiger partial charge in [0.05, 0.1) is 16.7 Å². The minimum Gasteiger partial charge on any atom is -0.478 e. The Morgan fingerprint density at radius 1 is 0.778 bits per heavy atom. The molecular formula is C19H12O8. The van der Waals surface area contributed by atoms with Gasteiger partial charge in [0.1, 0.15) is 11.5 Å². The summed E-state index contributed by atoms with van der Waals surface area (Å²) in [5.74, 6) is -4.39. The summed E-state index contributed by atoms with van der Waals surface area (Å²) in [7, 11) is 0. The van der Waals surface area contributed by atoms with Crippen LogP contribution >= 0.6 is 0 Å². The third-order valence-corrected chi connectivity index (χ3v) is 3.85. The monoisotopic (exact) mass is 368 g/mol. The number of carboxylic acid groups (broad SMARTS) is 1.